The molecule has 2 saturated carbocycles. The number of ether oxygens (including phenoxy) is 1. The summed E-state index contributed by atoms with van der Waals surface area (Å²) in [6.07, 6.45) is 10.8. The lowest BCUT2D eigenvalue weighted by Gasteiger charge is -2.32. The van der Waals surface area contributed by atoms with Gasteiger partial charge in [-0.2, -0.15) is 13.2 Å². The largest absolute Gasteiger partial charge is 0.463 e. The molecule has 2 N–H and O–H groups in total. The van der Waals surface area contributed by atoms with Gasteiger partial charge in [-0.25, -0.2) is 9.97 Å². The molecule has 0 aliphatic heterocycles. The normalized spacial score (nSPS) is 24.7. The number of aliphatic hydroxyl groups is 1. The Balaban J connectivity index is 1.39. The number of aliphatic hydroxyl groups excluding tert-OH is 1. The minimum Gasteiger partial charge on any atom is -0.463 e. The SMILES string of the molecule is Cc1cc(Nc2nccc(C(F)(F)F)n2)cc(C2CCCC(C3CCCCCCC(C(=O)OCCO)C3)CCC2)c1. The molecule has 1 heterocycles. The first-order valence-corrected chi connectivity index (χ1v) is 15.3. The Morgan fingerprint density at radius 1 is 0.976 bits per heavy atom. The van der Waals surface area contributed by atoms with Gasteiger partial charge in [0.25, 0.3) is 0 Å². The van der Waals surface area contributed by atoms with E-state index in [1.165, 1.54) is 24.8 Å². The summed E-state index contributed by atoms with van der Waals surface area (Å²) in [7, 11) is 0. The van der Waals surface area contributed by atoms with Crippen LogP contribution in [0.3, 0.4) is 0 Å². The molecule has 0 spiro atoms. The van der Waals surface area contributed by atoms with Crippen LogP contribution in [0.1, 0.15) is 106 Å². The van der Waals surface area contributed by atoms with Gasteiger partial charge in [0.2, 0.25) is 5.95 Å². The van der Waals surface area contributed by atoms with Crippen molar-refractivity contribution in [1.82, 2.24) is 9.97 Å². The van der Waals surface area contributed by atoms with Gasteiger partial charge in [0, 0.05) is 11.9 Å². The number of rotatable bonds is 7. The molecule has 9 heteroatoms. The standard InChI is InChI=1S/C32H44F3N3O3/c1-22-18-27(21-28(19-22)37-31-36-15-14-29(38-31)32(33,34)35)24-12-6-10-23(11-7-13-24)25-8-4-2-3-5-9-26(20-25)30(40)41-17-16-39/h14-15,18-19,21,23-26,39H,2-13,16-17,20H2,1H3,(H,36,37,38). The van der Waals surface area contributed by atoms with Crippen molar-refractivity contribution in [3.8, 4) is 0 Å². The molecule has 2 aromatic rings. The van der Waals surface area contributed by atoms with Crippen LogP contribution in [0, 0.1) is 24.7 Å². The molecule has 2 fully saturated rings. The van der Waals surface area contributed by atoms with E-state index in [1.54, 1.807) is 0 Å². The zero-order valence-electron chi connectivity index (χ0n) is 24.1. The number of carbonyl (C=O) groups is 1. The molecular formula is C32H44F3N3O3. The minimum atomic E-state index is -4.52. The summed E-state index contributed by atoms with van der Waals surface area (Å²) in [5, 5.41) is 12.1. The molecule has 0 saturated heterocycles. The topological polar surface area (TPSA) is 84.3 Å². The average molecular weight is 576 g/mol. The van der Waals surface area contributed by atoms with E-state index in [4.69, 9.17) is 9.84 Å². The Hall–Kier alpha value is -2.68. The minimum absolute atomic E-state index is 0.0644. The van der Waals surface area contributed by atoms with E-state index in [2.05, 4.69) is 21.4 Å². The Labute approximate surface area is 241 Å². The third kappa shape index (κ3) is 9.42. The van der Waals surface area contributed by atoms with Crippen LogP contribution in [0.5, 0.6) is 0 Å². The van der Waals surface area contributed by atoms with Crippen LogP contribution in [0.15, 0.2) is 30.5 Å². The summed E-state index contributed by atoms with van der Waals surface area (Å²) in [6, 6.07) is 6.99. The highest BCUT2D eigenvalue weighted by Gasteiger charge is 2.33. The Bertz CT molecular complexity index is 1120. The van der Waals surface area contributed by atoms with Crippen molar-refractivity contribution in [3.63, 3.8) is 0 Å². The van der Waals surface area contributed by atoms with E-state index < -0.39 is 11.9 Å². The van der Waals surface area contributed by atoms with Crippen molar-refractivity contribution in [1.29, 1.82) is 0 Å². The van der Waals surface area contributed by atoms with E-state index in [-0.39, 0.29) is 31.0 Å². The molecule has 6 nitrogen and oxygen atoms in total. The Kier molecular flexibility index (Phi) is 11.4. The second-order valence-corrected chi connectivity index (χ2v) is 11.9. The number of halogens is 3. The summed E-state index contributed by atoms with van der Waals surface area (Å²) in [5.41, 5.74) is 1.98. The van der Waals surface area contributed by atoms with Gasteiger partial charge in [0.15, 0.2) is 0 Å². The molecular weight excluding hydrogens is 531 g/mol. The van der Waals surface area contributed by atoms with Crippen molar-refractivity contribution in [2.45, 2.75) is 102 Å². The van der Waals surface area contributed by atoms with E-state index in [1.807, 2.05) is 19.1 Å². The molecule has 1 aromatic heterocycles. The smallest absolute Gasteiger partial charge is 0.433 e. The Morgan fingerprint density at radius 2 is 1.68 bits per heavy atom. The van der Waals surface area contributed by atoms with Crippen LogP contribution in [0.2, 0.25) is 0 Å². The average Bonchev–Trinajstić information content (AvgIpc) is 3.03. The van der Waals surface area contributed by atoms with Crippen LogP contribution in [-0.2, 0) is 15.7 Å². The highest BCUT2D eigenvalue weighted by molar-refractivity contribution is 5.72. The zero-order chi connectivity index (χ0) is 29.2. The van der Waals surface area contributed by atoms with Crippen molar-refractivity contribution >= 4 is 17.6 Å². The van der Waals surface area contributed by atoms with Gasteiger partial charge >= 0.3 is 12.1 Å². The maximum Gasteiger partial charge on any atom is 0.433 e. The first kappa shape index (κ1) is 31.3. The Morgan fingerprint density at radius 3 is 2.39 bits per heavy atom. The first-order chi connectivity index (χ1) is 19.7. The van der Waals surface area contributed by atoms with Crippen molar-refractivity contribution in [2.24, 2.45) is 17.8 Å². The van der Waals surface area contributed by atoms with Crippen molar-refractivity contribution in [2.75, 3.05) is 18.5 Å². The highest BCUT2D eigenvalue weighted by atomic mass is 19.4. The van der Waals surface area contributed by atoms with Crippen molar-refractivity contribution < 1.29 is 27.8 Å². The quantitative estimate of drug-likeness (QED) is 0.325. The fraction of sp³-hybridized carbons (Fsp3) is 0.656. The summed E-state index contributed by atoms with van der Waals surface area (Å²) in [6.45, 7) is 1.94. The van der Waals surface area contributed by atoms with Gasteiger partial charge in [0.1, 0.15) is 12.3 Å². The van der Waals surface area contributed by atoms with Crippen molar-refractivity contribution in [3.05, 3.63) is 47.3 Å². The van der Waals surface area contributed by atoms with Crippen LogP contribution in [0.4, 0.5) is 24.8 Å². The predicted octanol–water partition coefficient (Wildman–Crippen LogP) is 8.11. The molecule has 2 aliphatic carbocycles. The summed E-state index contributed by atoms with van der Waals surface area (Å²) in [5.74, 6) is 1.25. The molecule has 0 bridgehead atoms. The van der Waals surface area contributed by atoms with Gasteiger partial charge in [0.05, 0.1) is 12.5 Å². The van der Waals surface area contributed by atoms with Gasteiger partial charge in [-0.3, -0.25) is 4.79 Å². The van der Waals surface area contributed by atoms with E-state index in [0.717, 1.165) is 82.0 Å². The zero-order valence-corrected chi connectivity index (χ0v) is 24.1. The van der Waals surface area contributed by atoms with Crippen LogP contribution >= 0.6 is 0 Å². The van der Waals surface area contributed by atoms with Gasteiger partial charge in [-0.05, 0) is 79.7 Å². The monoisotopic (exact) mass is 575 g/mol. The third-order valence-electron chi connectivity index (χ3n) is 8.83. The lowest BCUT2D eigenvalue weighted by Crippen LogP contribution is -2.26. The number of nitrogens with zero attached hydrogens (tertiary/aromatic N) is 2. The van der Waals surface area contributed by atoms with E-state index in [9.17, 15) is 18.0 Å². The number of anilines is 2. The molecule has 0 amide bonds. The first-order valence-electron chi connectivity index (χ1n) is 15.3. The molecule has 4 rings (SSSR count). The number of hydrogen-bond acceptors (Lipinski definition) is 6. The number of carbonyl (C=O) groups excluding carboxylic acids is 1. The maximum absolute atomic E-state index is 13.1. The summed E-state index contributed by atoms with van der Waals surface area (Å²) < 4.78 is 44.6. The fourth-order valence-corrected chi connectivity index (χ4v) is 6.83. The fourth-order valence-electron chi connectivity index (χ4n) is 6.83. The predicted molar refractivity (Wildman–Crippen MR) is 153 cm³/mol. The number of esters is 1. The lowest BCUT2D eigenvalue weighted by molar-refractivity contribution is -0.150. The van der Waals surface area contributed by atoms with Crippen LogP contribution in [0.25, 0.3) is 0 Å². The maximum atomic E-state index is 13.1. The number of hydrogen-bond donors (Lipinski definition) is 2. The third-order valence-corrected chi connectivity index (χ3v) is 8.83. The molecule has 2 unspecified atom stereocenters. The van der Waals surface area contributed by atoms with Crippen LogP contribution < -0.4 is 5.32 Å². The van der Waals surface area contributed by atoms with E-state index in [0.29, 0.717) is 23.4 Å². The van der Waals surface area contributed by atoms with Crippen LogP contribution in [-0.4, -0.2) is 34.3 Å². The second kappa shape index (κ2) is 15.0. The number of alkyl halides is 3. The van der Waals surface area contributed by atoms with Gasteiger partial charge in [-0.1, -0.05) is 63.9 Å². The molecule has 41 heavy (non-hydrogen) atoms. The highest BCUT2D eigenvalue weighted by Crippen LogP contribution is 2.41. The molecule has 0 radical (unpaired) electrons. The summed E-state index contributed by atoms with van der Waals surface area (Å²) >= 11 is 0. The molecule has 1 aromatic carbocycles. The lowest BCUT2D eigenvalue weighted by atomic mass is 9.73. The number of benzene rings is 1. The van der Waals surface area contributed by atoms with Gasteiger partial charge < -0.3 is 15.2 Å². The number of nitrogens with one attached hydrogen (secondary N) is 1. The second-order valence-electron chi connectivity index (χ2n) is 11.9. The van der Waals surface area contributed by atoms with E-state index >= 15 is 0 Å². The number of aryl methyl sites for hydroxylation is 1. The molecule has 2 atom stereocenters. The molecule has 2 aliphatic rings. The summed E-state index contributed by atoms with van der Waals surface area (Å²) in [4.78, 5) is 20.4. The van der Waals surface area contributed by atoms with Gasteiger partial charge in [-0.15, -0.1) is 0 Å². The number of aromatic nitrogens is 2. The molecule has 226 valence electrons.